The van der Waals surface area contributed by atoms with Crippen LogP contribution in [0.15, 0.2) is 46.2 Å². The van der Waals surface area contributed by atoms with Crippen LogP contribution in [0.5, 0.6) is 0 Å². The fourth-order valence-corrected chi connectivity index (χ4v) is 5.06. The number of fused-ring (bicyclic) bond motifs is 1. The lowest BCUT2D eigenvalue weighted by Gasteiger charge is -2.33. The highest BCUT2D eigenvalue weighted by Crippen LogP contribution is 2.31. The maximum absolute atomic E-state index is 13.4. The monoisotopic (exact) mass is 439 g/mol. The van der Waals surface area contributed by atoms with Crippen LogP contribution in [0.2, 0.25) is 0 Å². The zero-order valence-electron chi connectivity index (χ0n) is 16.4. The zero-order chi connectivity index (χ0) is 20.7. The normalized spacial score (nSPS) is 18.0. The number of amides is 1. The van der Waals surface area contributed by atoms with Crippen molar-refractivity contribution in [3.8, 4) is 10.7 Å². The average molecular weight is 440 g/mol. The van der Waals surface area contributed by atoms with Gasteiger partial charge in [0.1, 0.15) is 11.6 Å². The van der Waals surface area contributed by atoms with Gasteiger partial charge in [0, 0.05) is 13.1 Å². The first-order chi connectivity index (χ1) is 14.6. The molecule has 9 heteroatoms. The van der Waals surface area contributed by atoms with Crippen LogP contribution in [0.25, 0.3) is 21.8 Å². The molecule has 0 radical (unpaired) electrons. The Morgan fingerprint density at radius 2 is 2.20 bits per heavy atom. The van der Waals surface area contributed by atoms with Gasteiger partial charge in [-0.25, -0.2) is 4.98 Å². The molecule has 4 aromatic rings. The topological polar surface area (TPSA) is 79.9 Å². The van der Waals surface area contributed by atoms with Gasteiger partial charge in [0.2, 0.25) is 5.91 Å². The van der Waals surface area contributed by atoms with Gasteiger partial charge in [0.15, 0.2) is 22.1 Å². The van der Waals surface area contributed by atoms with E-state index in [1.807, 2.05) is 58.2 Å². The number of nitrogens with zero attached hydrogens (tertiary/aromatic N) is 4. The van der Waals surface area contributed by atoms with E-state index in [0.717, 1.165) is 35.4 Å². The van der Waals surface area contributed by atoms with E-state index in [-0.39, 0.29) is 11.8 Å². The molecule has 0 saturated carbocycles. The minimum atomic E-state index is -0.448. The third-order valence-corrected chi connectivity index (χ3v) is 6.74. The van der Waals surface area contributed by atoms with Crippen LogP contribution < -0.4 is 0 Å². The summed E-state index contributed by atoms with van der Waals surface area (Å²) in [6.07, 6.45) is 1.87. The highest BCUT2D eigenvalue weighted by Gasteiger charge is 2.32. The number of oxazole rings is 1. The summed E-state index contributed by atoms with van der Waals surface area (Å²) in [6, 6.07) is 11.3. The molecule has 1 aliphatic heterocycles. The van der Waals surface area contributed by atoms with Gasteiger partial charge in [-0.3, -0.25) is 14.5 Å². The minimum absolute atomic E-state index is 0.0334. The van der Waals surface area contributed by atoms with Crippen molar-refractivity contribution in [1.82, 2.24) is 24.6 Å². The number of carbonyl (C=O) groups is 1. The summed E-state index contributed by atoms with van der Waals surface area (Å²) in [5.41, 5.74) is 1.64. The van der Waals surface area contributed by atoms with E-state index in [2.05, 4.69) is 15.2 Å². The Labute approximate surface area is 182 Å². The van der Waals surface area contributed by atoms with Crippen molar-refractivity contribution in [2.24, 2.45) is 0 Å². The van der Waals surface area contributed by atoms with Crippen LogP contribution in [0.1, 0.15) is 37.6 Å². The first-order valence-corrected chi connectivity index (χ1v) is 11.3. The molecule has 0 bridgehead atoms. The number of H-pyrrole nitrogens is 1. The number of carbonyl (C=O) groups excluding carboxylic acids is 1. The Bertz CT molecular complexity index is 1210. The maximum Gasteiger partial charge on any atom is 0.245 e. The quantitative estimate of drug-likeness (QED) is 0.463. The molecule has 3 aromatic heterocycles. The van der Waals surface area contributed by atoms with Crippen molar-refractivity contribution in [1.29, 1.82) is 0 Å². The largest absolute Gasteiger partial charge is 0.440 e. The van der Waals surface area contributed by atoms with Crippen molar-refractivity contribution in [3.63, 3.8) is 0 Å². The molecule has 154 valence electrons. The van der Waals surface area contributed by atoms with Crippen LogP contribution in [-0.2, 0) is 4.79 Å². The number of likely N-dealkylation sites (tertiary alicyclic amines) is 1. The summed E-state index contributed by atoms with van der Waals surface area (Å²) in [6.45, 7) is 3.20. The number of aromatic nitrogens is 4. The van der Waals surface area contributed by atoms with E-state index in [1.54, 1.807) is 11.3 Å². The van der Waals surface area contributed by atoms with Gasteiger partial charge in [-0.2, -0.15) is 5.10 Å². The van der Waals surface area contributed by atoms with Gasteiger partial charge in [0.25, 0.3) is 0 Å². The standard InChI is InChI=1S/C21H21N5O2S2/c1-13(26-18(23-24-21(26)29)17-9-5-11-30-17)20(27)25-10-4-6-14(12-25)19-22-15-7-2-3-8-16(15)28-19/h2-3,5,7-9,11,13-14H,4,6,10,12H2,1H3,(H,24,29). The van der Waals surface area contributed by atoms with Crippen LogP contribution in [0, 0.1) is 4.77 Å². The average Bonchev–Trinajstić information content (AvgIpc) is 3.51. The van der Waals surface area contributed by atoms with Gasteiger partial charge in [-0.1, -0.05) is 18.2 Å². The van der Waals surface area contributed by atoms with Crippen molar-refractivity contribution in [2.45, 2.75) is 31.7 Å². The number of para-hydroxylation sites is 2. The lowest BCUT2D eigenvalue weighted by atomic mass is 9.97. The number of rotatable bonds is 4. The highest BCUT2D eigenvalue weighted by molar-refractivity contribution is 7.71. The fourth-order valence-electron chi connectivity index (χ4n) is 4.06. The molecule has 1 fully saturated rings. The molecular weight excluding hydrogens is 418 g/mol. The lowest BCUT2D eigenvalue weighted by Crippen LogP contribution is -2.42. The Morgan fingerprint density at radius 3 is 3.00 bits per heavy atom. The summed E-state index contributed by atoms with van der Waals surface area (Å²) in [4.78, 5) is 20.9. The van der Waals surface area contributed by atoms with E-state index in [1.165, 1.54) is 0 Å². The fraction of sp³-hybridized carbons (Fsp3) is 0.333. The van der Waals surface area contributed by atoms with Crippen molar-refractivity contribution in [2.75, 3.05) is 13.1 Å². The van der Waals surface area contributed by atoms with E-state index in [9.17, 15) is 4.79 Å². The zero-order valence-corrected chi connectivity index (χ0v) is 18.1. The van der Waals surface area contributed by atoms with Crippen molar-refractivity contribution < 1.29 is 9.21 Å². The summed E-state index contributed by atoms with van der Waals surface area (Å²) < 4.78 is 8.23. The Hall–Kier alpha value is -2.78. The van der Waals surface area contributed by atoms with Gasteiger partial charge in [-0.05, 0) is 55.6 Å². The first-order valence-electron chi connectivity index (χ1n) is 9.97. The summed E-state index contributed by atoms with van der Waals surface area (Å²) in [5, 5.41) is 9.18. The third-order valence-electron chi connectivity index (χ3n) is 5.58. The molecule has 0 aliphatic carbocycles. The maximum atomic E-state index is 13.4. The number of nitrogens with one attached hydrogen (secondary N) is 1. The molecule has 1 aromatic carbocycles. The Kier molecular flexibility index (Phi) is 5.00. The predicted octanol–water partition coefficient (Wildman–Crippen LogP) is 4.78. The summed E-state index contributed by atoms with van der Waals surface area (Å²) in [7, 11) is 0. The van der Waals surface area contributed by atoms with Crippen molar-refractivity contribution >= 4 is 40.6 Å². The van der Waals surface area contributed by atoms with Crippen molar-refractivity contribution in [3.05, 3.63) is 52.4 Å². The van der Waals surface area contributed by atoms with Crippen LogP contribution >= 0.6 is 23.6 Å². The Morgan fingerprint density at radius 1 is 1.33 bits per heavy atom. The third kappa shape index (κ3) is 3.37. The molecule has 1 saturated heterocycles. The lowest BCUT2D eigenvalue weighted by molar-refractivity contribution is -0.135. The molecule has 1 amide bonds. The molecule has 1 aliphatic rings. The van der Waals surface area contributed by atoms with Gasteiger partial charge < -0.3 is 9.32 Å². The molecule has 1 N–H and O–H groups in total. The van der Waals surface area contributed by atoms with Crippen LogP contribution in [0.3, 0.4) is 0 Å². The number of aromatic amines is 1. The molecule has 0 spiro atoms. The van der Waals surface area contributed by atoms with Gasteiger partial charge in [0.05, 0.1) is 10.8 Å². The molecular formula is C21H21N5O2S2. The molecule has 4 heterocycles. The van der Waals surface area contributed by atoms with E-state index < -0.39 is 6.04 Å². The second kappa shape index (κ2) is 7.81. The molecule has 7 nitrogen and oxygen atoms in total. The number of thiophene rings is 1. The smallest absolute Gasteiger partial charge is 0.245 e. The van der Waals surface area contributed by atoms with E-state index in [0.29, 0.717) is 23.0 Å². The second-order valence-electron chi connectivity index (χ2n) is 7.52. The van der Waals surface area contributed by atoms with Crippen LogP contribution in [0.4, 0.5) is 0 Å². The predicted molar refractivity (Wildman–Crippen MR) is 118 cm³/mol. The molecule has 2 unspecified atom stereocenters. The SMILES string of the molecule is CC(C(=O)N1CCCC(c2nc3ccccc3o2)C1)n1c(-c2cccs2)n[nH]c1=S. The Balaban J connectivity index is 1.38. The highest BCUT2D eigenvalue weighted by atomic mass is 32.1. The molecule has 2 atom stereocenters. The number of hydrogen-bond acceptors (Lipinski definition) is 6. The van der Waals surface area contributed by atoms with Gasteiger partial charge >= 0.3 is 0 Å². The number of hydrogen-bond donors (Lipinski definition) is 1. The summed E-state index contributed by atoms with van der Waals surface area (Å²) in [5.74, 6) is 1.53. The number of benzene rings is 1. The first kappa shape index (κ1) is 19.2. The van der Waals surface area contributed by atoms with Crippen LogP contribution in [-0.4, -0.2) is 43.6 Å². The summed E-state index contributed by atoms with van der Waals surface area (Å²) >= 11 is 7.01. The van der Waals surface area contributed by atoms with Gasteiger partial charge in [-0.15, -0.1) is 11.3 Å². The number of piperidine rings is 1. The van der Waals surface area contributed by atoms with E-state index in [4.69, 9.17) is 16.6 Å². The molecule has 5 rings (SSSR count). The van der Waals surface area contributed by atoms with E-state index >= 15 is 0 Å². The minimum Gasteiger partial charge on any atom is -0.440 e. The second-order valence-corrected chi connectivity index (χ2v) is 8.85. The molecule has 30 heavy (non-hydrogen) atoms.